The molecule has 108 valence electrons. The largest absolute Gasteiger partial charge is 0.382 e. The summed E-state index contributed by atoms with van der Waals surface area (Å²) in [6.45, 7) is 5.67. The maximum absolute atomic E-state index is 4.83. The molecule has 0 aromatic heterocycles. The second kappa shape index (κ2) is 9.72. The fourth-order valence-electron chi connectivity index (χ4n) is 1.60. The molecule has 0 heterocycles. The molecule has 0 aliphatic rings. The van der Waals surface area contributed by atoms with Crippen LogP contribution in [0.1, 0.15) is 13.8 Å². The fraction of sp³-hybridized carbons (Fsp3) is 0.250. The van der Waals surface area contributed by atoms with Crippen molar-refractivity contribution in [1.82, 2.24) is 0 Å². The van der Waals surface area contributed by atoms with Gasteiger partial charge in [-0.25, -0.2) is 0 Å². The number of hydrogen-bond acceptors (Lipinski definition) is 1. The van der Waals surface area contributed by atoms with E-state index in [1.807, 2.05) is 44.2 Å². The molecule has 0 N–H and O–H groups in total. The van der Waals surface area contributed by atoms with E-state index in [0.717, 1.165) is 26.6 Å². The minimum absolute atomic E-state index is 0.844. The third-order valence-electron chi connectivity index (χ3n) is 2.52. The molecule has 1 nitrogen and oxygen atoms in total. The number of ether oxygens (including phenoxy) is 1. The third kappa shape index (κ3) is 5.32. The van der Waals surface area contributed by atoms with Crippen molar-refractivity contribution in [3.8, 4) is 11.1 Å². The smallest absolute Gasteiger partial charge is 0.0437 e. The van der Waals surface area contributed by atoms with Gasteiger partial charge in [0.15, 0.2) is 0 Å². The van der Waals surface area contributed by atoms with E-state index in [4.69, 9.17) is 4.74 Å². The molecule has 2 aromatic carbocycles. The van der Waals surface area contributed by atoms with Gasteiger partial charge in [0.05, 0.1) is 0 Å². The first-order valence-electron chi connectivity index (χ1n) is 6.38. The van der Waals surface area contributed by atoms with E-state index < -0.39 is 0 Å². The highest BCUT2D eigenvalue weighted by molar-refractivity contribution is 9.13. The van der Waals surface area contributed by atoms with Crippen LogP contribution in [0.2, 0.25) is 0 Å². The SMILES string of the molecule is Brc1ccccc1-c1cccc(Br)c1Br.CCOCC. The molecule has 2 aromatic rings. The fourth-order valence-corrected chi connectivity index (χ4v) is 2.94. The molecule has 0 unspecified atom stereocenters. The Morgan fingerprint density at radius 3 is 1.85 bits per heavy atom. The van der Waals surface area contributed by atoms with E-state index in [1.165, 1.54) is 11.1 Å². The van der Waals surface area contributed by atoms with Crippen LogP contribution >= 0.6 is 47.8 Å². The van der Waals surface area contributed by atoms with Crippen molar-refractivity contribution in [2.24, 2.45) is 0 Å². The van der Waals surface area contributed by atoms with Gasteiger partial charge in [-0.3, -0.25) is 0 Å². The summed E-state index contributed by atoms with van der Waals surface area (Å²) in [4.78, 5) is 0. The number of rotatable bonds is 3. The van der Waals surface area contributed by atoms with Crippen molar-refractivity contribution in [2.45, 2.75) is 13.8 Å². The van der Waals surface area contributed by atoms with Crippen LogP contribution < -0.4 is 0 Å². The van der Waals surface area contributed by atoms with E-state index in [0.29, 0.717) is 0 Å². The lowest BCUT2D eigenvalue weighted by molar-refractivity contribution is 0.162. The second-order valence-electron chi connectivity index (χ2n) is 3.86. The Morgan fingerprint density at radius 2 is 1.30 bits per heavy atom. The lowest BCUT2D eigenvalue weighted by Crippen LogP contribution is -1.84. The highest BCUT2D eigenvalue weighted by Crippen LogP contribution is 2.37. The molecule has 0 bridgehead atoms. The molecular formula is C16H17Br3O. The van der Waals surface area contributed by atoms with E-state index in [9.17, 15) is 0 Å². The zero-order chi connectivity index (χ0) is 15.0. The monoisotopic (exact) mass is 462 g/mol. The molecule has 0 aliphatic heterocycles. The zero-order valence-electron chi connectivity index (χ0n) is 11.5. The molecule has 0 saturated carbocycles. The Balaban J connectivity index is 0.000000347. The highest BCUT2D eigenvalue weighted by atomic mass is 79.9. The van der Waals surface area contributed by atoms with Crippen LogP contribution in [-0.4, -0.2) is 13.2 Å². The van der Waals surface area contributed by atoms with Gasteiger partial charge >= 0.3 is 0 Å². The molecule has 0 radical (unpaired) electrons. The van der Waals surface area contributed by atoms with E-state index >= 15 is 0 Å². The lowest BCUT2D eigenvalue weighted by Gasteiger charge is -2.08. The van der Waals surface area contributed by atoms with Crippen LogP contribution in [0.15, 0.2) is 55.9 Å². The number of hydrogen-bond donors (Lipinski definition) is 0. The van der Waals surface area contributed by atoms with Crippen molar-refractivity contribution >= 4 is 47.8 Å². The summed E-state index contributed by atoms with van der Waals surface area (Å²) < 4.78 is 8.08. The van der Waals surface area contributed by atoms with Gasteiger partial charge in [0.25, 0.3) is 0 Å². The van der Waals surface area contributed by atoms with Gasteiger partial charge in [-0.15, -0.1) is 0 Å². The number of halogens is 3. The summed E-state index contributed by atoms with van der Waals surface area (Å²) in [6.07, 6.45) is 0. The quantitative estimate of drug-likeness (QED) is 0.492. The van der Waals surface area contributed by atoms with Gasteiger partial charge < -0.3 is 4.74 Å². The van der Waals surface area contributed by atoms with Crippen molar-refractivity contribution in [1.29, 1.82) is 0 Å². The minimum Gasteiger partial charge on any atom is -0.382 e. The Kier molecular flexibility index (Phi) is 8.69. The first-order valence-corrected chi connectivity index (χ1v) is 8.76. The van der Waals surface area contributed by atoms with Crippen molar-refractivity contribution in [2.75, 3.05) is 13.2 Å². The molecule has 20 heavy (non-hydrogen) atoms. The highest BCUT2D eigenvalue weighted by Gasteiger charge is 2.07. The maximum atomic E-state index is 4.83. The van der Waals surface area contributed by atoms with Crippen molar-refractivity contribution in [3.05, 3.63) is 55.9 Å². The average molecular weight is 465 g/mol. The van der Waals surface area contributed by atoms with Crippen LogP contribution in [0.3, 0.4) is 0 Å². The van der Waals surface area contributed by atoms with Gasteiger partial charge in [0.2, 0.25) is 0 Å². The second-order valence-corrected chi connectivity index (χ2v) is 6.36. The third-order valence-corrected chi connectivity index (χ3v) is 5.26. The molecular weight excluding hydrogens is 448 g/mol. The predicted molar refractivity (Wildman–Crippen MR) is 97.1 cm³/mol. The van der Waals surface area contributed by atoms with Gasteiger partial charge in [0, 0.05) is 26.6 Å². The van der Waals surface area contributed by atoms with Gasteiger partial charge in [-0.1, -0.05) is 46.3 Å². The van der Waals surface area contributed by atoms with Gasteiger partial charge in [0.1, 0.15) is 0 Å². The Bertz CT molecular complexity index is 539. The number of benzene rings is 2. The first-order chi connectivity index (χ1) is 9.61. The van der Waals surface area contributed by atoms with Crippen LogP contribution in [-0.2, 0) is 4.74 Å². The Hall–Kier alpha value is -0.160. The topological polar surface area (TPSA) is 9.23 Å². The average Bonchev–Trinajstić information content (AvgIpc) is 2.44. The normalized spacial score (nSPS) is 9.85. The summed E-state index contributed by atoms with van der Waals surface area (Å²) >= 11 is 10.6. The van der Waals surface area contributed by atoms with Crippen LogP contribution in [0, 0.1) is 0 Å². The minimum atomic E-state index is 0.844. The predicted octanol–water partition coefficient (Wildman–Crippen LogP) is 6.68. The van der Waals surface area contributed by atoms with Gasteiger partial charge in [-0.05, 0) is 69.0 Å². The standard InChI is InChI=1S/C12H7Br3.C4H10O/c13-10-6-2-1-4-8(10)9-5-3-7-11(14)12(9)15;1-3-5-4-2/h1-7H;3-4H2,1-2H3. The lowest BCUT2D eigenvalue weighted by atomic mass is 10.1. The Morgan fingerprint density at radius 1 is 0.750 bits per heavy atom. The summed E-state index contributed by atoms with van der Waals surface area (Å²) in [6, 6.07) is 14.3. The Labute approximate surface area is 146 Å². The molecule has 0 amide bonds. The maximum Gasteiger partial charge on any atom is 0.0437 e. The molecule has 0 fully saturated rings. The van der Waals surface area contributed by atoms with E-state index in [2.05, 4.69) is 59.9 Å². The molecule has 0 spiro atoms. The van der Waals surface area contributed by atoms with Crippen LogP contribution in [0.5, 0.6) is 0 Å². The van der Waals surface area contributed by atoms with Crippen LogP contribution in [0.4, 0.5) is 0 Å². The van der Waals surface area contributed by atoms with Crippen LogP contribution in [0.25, 0.3) is 11.1 Å². The zero-order valence-corrected chi connectivity index (χ0v) is 16.3. The van der Waals surface area contributed by atoms with Crippen molar-refractivity contribution in [3.63, 3.8) is 0 Å². The molecule has 4 heteroatoms. The molecule has 0 atom stereocenters. The molecule has 0 saturated heterocycles. The molecule has 0 aliphatic carbocycles. The van der Waals surface area contributed by atoms with E-state index in [1.54, 1.807) is 0 Å². The van der Waals surface area contributed by atoms with Gasteiger partial charge in [-0.2, -0.15) is 0 Å². The summed E-state index contributed by atoms with van der Waals surface area (Å²) in [5.41, 5.74) is 2.36. The molecule has 2 rings (SSSR count). The van der Waals surface area contributed by atoms with Crippen molar-refractivity contribution < 1.29 is 4.74 Å². The summed E-state index contributed by atoms with van der Waals surface area (Å²) in [5, 5.41) is 0. The first kappa shape index (κ1) is 17.9. The van der Waals surface area contributed by atoms with E-state index in [-0.39, 0.29) is 0 Å². The summed E-state index contributed by atoms with van der Waals surface area (Å²) in [5.74, 6) is 0. The summed E-state index contributed by atoms with van der Waals surface area (Å²) in [7, 11) is 0.